The molecule has 2 aromatic heterocycles. The van der Waals surface area contributed by atoms with E-state index in [2.05, 4.69) is 36.9 Å². The second-order valence-corrected chi connectivity index (χ2v) is 6.92. The molecule has 0 spiro atoms. The molecule has 1 saturated carbocycles. The highest BCUT2D eigenvalue weighted by atomic mass is 15.4. The molecule has 2 unspecified atom stereocenters. The van der Waals surface area contributed by atoms with Gasteiger partial charge in [-0.3, -0.25) is 0 Å². The lowest BCUT2D eigenvalue weighted by Crippen LogP contribution is -2.69. The quantitative estimate of drug-likeness (QED) is 0.863. The van der Waals surface area contributed by atoms with Crippen LogP contribution in [0.3, 0.4) is 0 Å². The van der Waals surface area contributed by atoms with Crippen molar-refractivity contribution in [1.29, 1.82) is 0 Å². The maximum Gasteiger partial charge on any atom is 0.133 e. The lowest BCUT2D eigenvalue weighted by molar-refractivity contribution is 0.287. The fourth-order valence-corrected chi connectivity index (χ4v) is 3.83. The van der Waals surface area contributed by atoms with E-state index in [1.165, 1.54) is 19.3 Å². The Hall–Kier alpha value is -2.24. The maximum absolute atomic E-state index is 4.82. The molecule has 2 atom stereocenters. The Morgan fingerprint density at radius 1 is 1.04 bits per heavy atom. The maximum atomic E-state index is 4.82. The molecule has 2 aromatic rings. The summed E-state index contributed by atoms with van der Waals surface area (Å²) in [7, 11) is 0. The average molecular weight is 308 g/mol. The van der Waals surface area contributed by atoms with Crippen molar-refractivity contribution >= 4 is 11.6 Å². The lowest BCUT2D eigenvalue weighted by atomic mass is 9.87. The second-order valence-electron chi connectivity index (χ2n) is 6.92. The van der Waals surface area contributed by atoms with Crippen molar-refractivity contribution in [3.63, 3.8) is 0 Å². The molecule has 118 valence electrons. The Labute approximate surface area is 135 Å². The number of hydrogen-bond acceptors (Lipinski definition) is 6. The van der Waals surface area contributed by atoms with Crippen LogP contribution in [-0.2, 0) is 0 Å². The number of nitrogens with zero attached hydrogens (tertiary/aromatic N) is 6. The summed E-state index contributed by atoms with van der Waals surface area (Å²) in [6.45, 7) is 4.04. The largest absolute Gasteiger partial charge is 0.352 e. The van der Waals surface area contributed by atoms with Crippen LogP contribution in [0.2, 0.25) is 0 Å². The van der Waals surface area contributed by atoms with E-state index in [1.54, 1.807) is 6.33 Å². The van der Waals surface area contributed by atoms with Gasteiger partial charge in [0, 0.05) is 37.0 Å². The van der Waals surface area contributed by atoms with Crippen LogP contribution in [0.15, 0.2) is 24.7 Å². The topological polar surface area (TPSA) is 58.0 Å². The Bertz CT molecular complexity index is 731. The van der Waals surface area contributed by atoms with Crippen LogP contribution in [0.4, 0.5) is 11.6 Å². The molecular weight excluding hydrogens is 288 g/mol. The van der Waals surface area contributed by atoms with E-state index in [1.807, 2.05) is 13.1 Å². The van der Waals surface area contributed by atoms with Gasteiger partial charge in [-0.25, -0.2) is 19.9 Å². The standard InChI is InChI=1S/C17H20N6/c1-11-6-16(20-10-19-11)22-8-13-7-14(9-22)23(13)15-4-5-18-17(21-15)12-2-3-12/h4-6,10,12-14H,2-3,7-9H2,1H3. The minimum absolute atomic E-state index is 0.533. The van der Waals surface area contributed by atoms with Crippen LogP contribution in [0.1, 0.15) is 36.7 Å². The van der Waals surface area contributed by atoms with E-state index in [9.17, 15) is 0 Å². The minimum Gasteiger partial charge on any atom is -0.352 e. The SMILES string of the molecule is Cc1cc(N2CC3CC(C2)N3c2ccnc(C3CC3)n2)ncn1. The first-order chi connectivity index (χ1) is 11.3. The van der Waals surface area contributed by atoms with Gasteiger partial charge in [-0.2, -0.15) is 0 Å². The molecule has 4 fully saturated rings. The summed E-state index contributed by atoms with van der Waals surface area (Å²) in [5.74, 6) is 3.81. The van der Waals surface area contributed by atoms with E-state index in [4.69, 9.17) is 4.98 Å². The molecule has 3 aliphatic heterocycles. The van der Waals surface area contributed by atoms with E-state index in [0.29, 0.717) is 18.0 Å². The summed E-state index contributed by atoms with van der Waals surface area (Å²) in [6.07, 6.45) is 7.34. The molecular formula is C17H20N6. The fourth-order valence-electron chi connectivity index (χ4n) is 3.83. The molecule has 1 aliphatic carbocycles. The molecule has 6 heteroatoms. The summed E-state index contributed by atoms with van der Waals surface area (Å²) < 4.78 is 0. The van der Waals surface area contributed by atoms with Gasteiger partial charge in [0.25, 0.3) is 0 Å². The van der Waals surface area contributed by atoms with Crippen LogP contribution in [0, 0.1) is 6.92 Å². The Morgan fingerprint density at radius 3 is 2.61 bits per heavy atom. The van der Waals surface area contributed by atoms with E-state index in [-0.39, 0.29) is 0 Å². The molecule has 0 amide bonds. The molecule has 0 aromatic carbocycles. The van der Waals surface area contributed by atoms with Gasteiger partial charge in [0.15, 0.2) is 0 Å². The molecule has 6 nitrogen and oxygen atoms in total. The van der Waals surface area contributed by atoms with Crippen LogP contribution >= 0.6 is 0 Å². The highest BCUT2D eigenvalue weighted by molar-refractivity contribution is 5.52. The number of aryl methyl sites for hydroxylation is 1. The van der Waals surface area contributed by atoms with E-state index < -0.39 is 0 Å². The number of piperidine rings is 1. The lowest BCUT2D eigenvalue weighted by Gasteiger charge is -2.57. The van der Waals surface area contributed by atoms with Gasteiger partial charge in [-0.15, -0.1) is 0 Å². The molecule has 23 heavy (non-hydrogen) atoms. The van der Waals surface area contributed by atoms with Gasteiger partial charge < -0.3 is 9.80 Å². The normalized spacial score (nSPS) is 26.1. The highest BCUT2D eigenvalue weighted by Gasteiger charge is 2.46. The Morgan fingerprint density at radius 2 is 1.87 bits per heavy atom. The molecule has 0 radical (unpaired) electrons. The van der Waals surface area contributed by atoms with Gasteiger partial charge >= 0.3 is 0 Å². The van der Waals surface area contributed by atoms with Crippen molar-refractivity contribution in [2.24, 2.45) is 0 Å². The zero-order chi connectivity index (χ0) is 15.4. The zero-order valence-corrected chi connectivity index (χ0v) is 13.3. The molecule has 2 bridgehead atoms. The number of anilines is 2. The molecule has 4 aliphatic rings. The van der Waals surface area contributed by atoms with E-state index >= 15 is 0 Å². The van der Waals surface area contributed by atoms with Crippen molar-refractivity contribution in [2.45, 2.75) is 44.2 Å². The molecule has 3 saturated heterocycles. The van der Waals surface area contributed by atoms with Gasteiger partial charge in [0.05, 0.1) is 12.1 Å². The van der Waals surface area contributed by atoms with Crippen molar-refractivity contribution in [2.75, 3.05) is 22.9 Å². The van der Waals surface area contributed by atoms with Gasteiger partial charge in [0.1, 0.15) is 23.8 Å². The average Bonchev–Trinajstić information content (AvgIpc) is 3.40. The van der Waals surface area contributed by atoms with Crippen molar-refractivity contribution in [1.82, 2.24) is 19.9 Å². The smallest absolute Gasteiger partial charge is 0.133 e. The number of fused-ring (bicyclic) bond motifs is 2. The molecule has 6 rings (SSSR count). The van der Waals surface area contributed by atoms with Crippen molar-refractivity contribution in [3.8, 4) is 0 Å². The van der Waals surface area contributed by atoms with Crippen LogP contribution in [-0.4, -0.2) is 45.1 Å². The summed E-state index contributed by atoms with van der Waals surface area (Å²) in [5.41, 5.74) is 1.02. The van der Waals surface area contributed by atoms with E-state index in [0.717, 1.165) is 36.2 Å². The molecule has 5 heterocycles. The Balaban J connectivity index is 1.36. The highest BCUT2D eigenvalue weighted by Crippen LogP contribution is 2.41. The summed E-state index contributed by atoms with van der Waals surface area (Å²) in [4.78, 5) is 22.8. The van der Waals surface area contributed by atoms with Crippen molar-refractivity contribution in [3.05, 3.63) is 36.2 Å². The Kier molecular flexibility index (Phi) is 2.80. The predicted octanol–water partition coefficient (Wildman–Crippen LogP) is 1.92. The monoisotopic (exact) mass is 308 g/mol. The predicted molar refractivity (Wildman–Crippen MR) is 87.7 cm³/mol. The number of rotatable bonds is 3. The first kappa shape index (κ1) is 13.2. The zero-order valence-electron chi connectivity index (χ0n) is 13.3. The van der Waals surface area contributed by atoms with Crippen LogP contribution in [0.25, 0.3) is 0 Å². The summed E-state index contributed by atoms with van der Waals surface area (Å²) in [5, 5.41) is 0. The van der Waals surface area contributed by atoms with Crippen LogP contribution < -0.4 is 9.80 Å². The summed E-state index contributed by atoms with van der Waals surface area (Å²) in [6, 6.07) is 5.21. The van der Waals surface area contributed by atoms with Gasteiger partial charge in [-0.1, -0.05) is 0 Å². The first-order valence-electron chi connectivity index (χ1n) is 8.43. The second kappa shape index (κ2) is 4.88. The number of piperazine rings is 1. The third-order valence-corrected chi connectivity index (χ3v) is 5.17. The third kappa shape index (κ3) is 2.24. The third-order valence-electron chi connectivity index (χ3n) is 5.17. The fraction of sp³-hybridized carbons (Fsp3) is 0.529. The first-order valence-corrected chi connectivity index (χ1v) is 8.43. The van der Waals surface area contributed by atoms with Gasteiger partial charge in [0.2, 0.25) is 0 Å². The minimum atomic E-state index is 0.533. The molecule has 0 N–H and O–H groups in total. The van der Waals surface area contributed by atoms with Crippen LogP contribution in [0.5, 0.6) is 0 Å². The number of aromatic nitrogens is 4. The number of hydrogen-bond donors (Lipinski definition) is 0. The van der Waals surface area contributed by atoms with Crippen molar-refractivity contribution < 1.29 is 0 Å². The summed E-state index contributed by atoms with van der Waals surface area (Å²) >= 11 is 0. The van der Waals surface area contributed by atoms with Gasteiger partial charge in [-0.05, 0) is 32.3 Å².